The highest BCUT2D eigenvalue weighted by Gasteiger charge is 2.18. The average Bonchev–Trinajstić information content (AvgIpc) is 2.17. The van der Waals surface area contributed by atoms with Gasteiger partial charge >= 0.3 is 0 Å². The first-order valence-electron chi connectivity index (χ1n) is 5.47. The summed E-state index contributed by atoms with van der Waals surface area (Å²) in [5.74, 6) is 0.330. The Hall–Kier alpha value is -1.22. The standard InChI is InChI=1S/C12H18N2O/c1-8(2)14-10-5-9-3-4-11(15)6-12(9)13-7-10/h3-4,6,8,10,13-15H,5,7H2,1-2H3. The van der Waals surface area contributed by atoms with Crippen molar-refractivity contribution in [3.63, 3.8) is 0 Å². The lowest BCUT2D eigenvalue weighted by Gasteiger charge is -2.28. The van der Waals surface area contributed by atoms with Crippen LogP contribution in [-0.2, 0) is 6.42 Å². The molecule has 1 atom stereocenters. The predicted molar refractivity (Wildman–Crippen MR) is 62.4 cm³/mol. The van der Waals surface area contributed by atoms with Crippen molar-refractivity contribution in [2.24, 2.45) is 0 Å². The van der Waals surface area contributed by atoms with Crippen LogP contribution in [0.2, 0.25) is 0 Å². The second kappa shape index (κ2) is 4.11. The van der Waals surface area contributed by atoms with Crippen LogP contribution in [0.15, 0.2) is 18.2 Å². The van der Waals surface area contributed by atoms with E-state index < -0.39 is 0 Å². The first kappa shape index (κ1) is 10.3. The third-order valence-corrected chi connectivity index (χ3v) is 2.67. The second-order valence-corrected chi connectivity index (χ2v) is 4.44. The lowest BCUT2D eigenvalue weighted by molar-refractivity contribution is 0.462. The van der Waals surface area contributed by atoms with E-state index in [2.05, 4.69) is 24.5 Å². The summed E-state index contributed by atoms with van der Waals surface area (Å²) < 4.78 is 0. The molecule has 1 aromatic rings. The zero-order valence-corrected chi connectivity index (χ0v) is 9.25. The molecular weight excluding hydrogens is 188 g/mol. The van der Waals surface area contributed by atoms with Gasteiger partial charge in [-0.15, -0.1) is 0 Å². The van der Waals surface area contributed by atoms with Gasteiger partial charge in [0.1, 0.15) is 5.75 Å². The molecule has 0 bridgehead atoms. The molecule has 1 aliphatic rings. The van der Waals surface area contributed by atoms with Crippen molar-refractivity contribution >= 4 is 5.69 Å². The molecule has 0 amide bonds. The minimum absolute atomic E-state index is 0.330. The number of aromatic hydroxyl groups is 1. The van der Waals surface area contributed by atoms with Crippen molar-refractivity contribution in [2.45, 2.75) is 32.4 Å². The number of phenolic OH excluding ortho intramolecular Hbond substituents is 1. The molecule has 1 unspecified atom stereocenters. The number of nitrogens with one attached hydrogen (secondary N) is 2. The van der Waals surface area contributed by atoms with Crippen molar-refractivity contribution in [1.82, 2.24) is 5.32 Å². The maximum absolute atomic E-state index is 9.34. The molecule has 0 spiro atoms. The van der Waals surface area contributed by atoms with Crippen LogP contribution in [0.1, 0.15) is 19.4 Å². The SMILES string of the molecule is CC(C)NC1CNc2cc(O)ccc2C1. The number of fused-ring (bicyclic) bond motifs is 1. The number of anilines is 1. The highest BCUT2D eigenvalue weighted by atomic mass is 16.3. The van der Waals surface area contributed by atoms with Crippen LogP contribution in [0.3, 0.4) is 0 Å². The summed E-state index contributed by atoms with van der Waals surface area (Å²) in [4.78, 5) is 0. The molecule has 0 saturated heterocycles. The van der Waals surface area contributed by atoms with Crippen LogP contribution in [0.4, 0.5) is 5.69 Å². The number of benzene rings is 1. The molecule has 1 aromatic carbocycles. The summed E-state index contributed by atoms with van der Waals surface area (Å²) in [7, 11) is 0. The van der Waals surface area contributed by atoms with E-state index in [1.165, 1.54) is 5.56 Å². The minimum Gasteiger partial charge on any atom is -0.508 e. The second-order valence-electron chi connectivity index (χ2n) is 4.44. The molecule has 82 valence electrons. The fraction of sp³-hybridized carbons (Fsp3) is 0.500. The van der Waals surface area contributed by atoms with Crippen molar-refractivity contribution in [3.05, 3.63) is 23.8 Å². The van der Waals surface area contributed by atoms with Crippen LogP contribution in [0.25, 0.3) is 0 Å². The Balaban J connectivity index is 2.10. The molecule has 0 aliphatic carbocycles. The van der Waals surface area contributed by atoms with Gasteiger partial charge in [0.15, 0.2) is 0 Å². The minimum atomic E-state index is 0.330. The van der Waals surface area contributed by atoms with E-state index in [-0.39, 0.29) is 0 Å². The third-order valence-electron chi connectivity index (χ3n) is 2.67. The van der Waals surface area contributed by atoms with Gasteiger partial charge in [-0.3, -0.25) is 0 Å². The molecule has 0 aromatic heterocycles. The van der Waals surface area contributed by atoms with Gasteiger partial charge in [0.2, 0.25) is 0 Å². The van der Waals surface area contributed by atoms with E-state index in [0.29, 0.717) is 17.8 Å². The van der Waals surface area contributed by atoms with E-state index in [9.17, 15) is 5.11 Å². The summed E-state index contributed by atoms with van der Waals surface area (Å²) in [6.07, 6.45) is 1.03. The zero-order chi connectivity index (χ0) is 10.8. The molecule has 15 heavy (non-hydrogen) atoms. The number of hydrogen-bond acceptors (Lipinski definition) is 3. The fourth-order valence-corrected chi connectivity index (χ4v) is 2.07. The summed E-state index contributed by atoms with van der Waals surface area (Å²) >= 11 is 0. The highest BCUT2D eigenvalue weighted by Crippen LogP contribution is 2.25. The Morgan fingerprint density at radius 3 is 3.00 bits per heavy atom. The van der Waals surface area contributed by atoms with Crippen LogP contribution >= 0.6 is 0 Å². The van der Waals surface area contributed by atoms with Gasteiger partial charge in [0.25, 0.3) is 0 Å². The molecule has 0 saturated carbocycles. The molecular formula is C12H18N2O. The average molecular weight is 206 g/mol. The summed E-state index contributed by atoms with van der Waals surface area (Å²) in [5, 5.41) is 16.2. The maximum Gasteiger partial charge on any atom is 0.117 e. The van der Waals surface area contributed by atoms with Gasteiger partial charge in [-0.1, -0.05) is 19.9 Å². The first-order valence-corrected chi connectivity index (χ1v) is 5.47. The Morgan fingerprint density at radius 1 is 1.47 bits per heavy atom. The van der Waals surface area contributed by atoms with E-state index in [1.54, 1.807) is 12.1 Å². The molecule has 1 aliphatic heterocycles. The lowest BCUT2D eigenvalue weighted by Crippen LogP contribution is -2.43. The summed E-state index contributed by atoms with van der Waals surface area (Å²) in [6.45, 7) is 5.24. The quantitative estimate of drug-likeness (QED) is 0.690. The summed E-state index contributed by atoms with van der Waals surface area (Å²) in [6, 6.07) is 6.53. The molecule has 3 heteroatoms. The fourth-order valence-electron chi connectivity index (χ4n) is 2.07. The molecule has 2 rings (SSSR count). The van der Waals surface area contributed by atoms with Gasteiger partial charge in [-0.2, -0.15) is 0 Å². The Labute approximate surface area is 90.5 Å². The van der Waals surface area contributed by atoms with Gasteiger partial charge in [-0.25, -0.2) is 0 Å². The van der Waals surface area contributed by atoms with E-state index >= 15 is 0 Å². The first-order chi connectivity index (χ1) is 7.15. The monoisotopic (exact) mass is 206 g/mol. The predicted octanol–water partition coefficient (Wildman–Crippen LogP) is 1.73. The smallest absolute Gasteiger partial charge is 0.117 e. The molecule has 3 nitrogen and oxygen atoms in total. The Morgan fingerprint density at radius 2 is 2.27 bits per heavy atom. The molecule has 1 heterocycles. The van der Waals surface area contributed by atoms with Crippen molar-refractivity contribution in [1.29, 1.82) is 0 Å². The number of phenols is 1. The van der Waals surface area contributed by atoms with Crippen LogP contribution in [0.5, 0.6) is 5.75 Å². The van der Waals surface area contributed by atoms with Gasteiger partial charge in [-0.05, 0) is 18.1 Å². The van der Waals surface area contributed by atoms with Gasteiger partial charge < -0.3 is 15.7 Å². The number of hydrogen-bond donors (Lipinski definition) is 3. The van der Waals surface area contributed by atoms with Gasteiger partial charge in [0.05, 0.1) is 0 Å². The van der Waals surface area contributed by atoms with E-state index in [4.69, 9.17) is 0 Å². The van der Waals surface area contributed by atoms with Crippen LogP contribution in [0, 0.1) is 0 Å². The van der Waals surface area contributed by atoms with Crippen molar-refractivity contribution < 1.29 is 5.11 Å². The molecule has 0 fully saturated rings. The van der Waals surface area contributed by atoms with Crippen molar-refractivity contribution in [2.75, 3.05) is 11.9 Å². The Bertz CT molecular complexity index is 349. The maximum atomic E-state index is 9.34. The number of rotatable bonds is 2. The molecule has 3 N–H and O–H groups in total. The largest absolute Gasteiger partial charge is 0.508 e. The topological polar surface area (TPSA) is 44.3 Å². The Kier molecular flexibility index (Phi) is 2.82. The highest BCUT2D eigenvalue weighted by molar-refractivity contribution is 5.57. The van der Waals surface area contributed by atoms with E-state index in [0.717, 1.165) is 18.7 Å². The van der Waals surface area contributed by atoms with Crippen molar-refractivity contribution in [3.8, 4) is 5.75 Å². The van der Waals surface area contributed by atoms with E-state index in [1.807, 2.05) is 6.07 Å². The molecule has 0 radical (unpaired) electrons. The van der Waals surface area contributed by atoms with Crippen LogP contribution in [-0.4, -0.2) is 23.7 Å². The third kappa shape index (κ3) is 2.42. The lowest BCUT2D eigenvalue weighted by atomic mass is 9.99. The van der Waals surface area contributed by atoms with Gasteiger partial charge in [0, 0.05) is 30.4 Å². The summed E-state index contributed by atoms with van der Waals surface area (Å²) in [5.41, 5.74) is 2.34. The zero-order valence-electron chi connectivity index (χ0n) is 9.25. The van der Waals surface area contributed by atoms with Crippen LogP contribution < -0.4 is 10.6 Å². The normalized spacial score (nSPS) is 19.8.